The van der Waals surface area contributed by atoms with Gasteiger partial charge in [0.2, 0.25) is 5.91 Å². The maximum atomic E-state index is 13.3. The summed E-state index contributed by atoms with van der Waals surface area (Å²) in [6.45, 7) is 3.66. The van der Waals surface area contributed by atoms with Gasteiger partial charge in [0.15, 0.2) is 0 Å². The number of benzene rings is 3. The second-order valence-corrected chi connectivity index (χ2v) is 9.85. The zero-order valence-corrected chi connectivity index (χ0v) is 18.5. The van der Waals surface area contributed by atoms with Crippen LogP contribution in [0.5, 0.6) is 0 Å². The third-order valence-electron chi connectivity index (χ3n) is 5.57. The number of carbonyl (C=O) groups is 1. The van der Waals surface area contributed by atoms with Gasteiger partial charge in [-0.1, -0.05) is 60.2 Å². The van der Waals surface area contributed by atoms with E-state index in [1.807, 2.05) is 56.3 Å². The van der Waals surface area contributed by atoms with Crippen LogP contribution in [0.1, 0.15) is 24.5 Å². The highest BCUT2D eigenvalue weighted by Gasteiger charge is 2.35. The molecule has 1 N–H and O–H groups in total. The summed E-state index contributed by atoms with van der Waals surface area (Å²) < 4.78 is 27.9. The summed E-state index contributed by atoms with van der Waals surface area (Å²) in [4.78, 5) is 13.0. The molecule has 3 aromatic carbocycles. The lowest BCUT2D eigenvalue weighted by molar-refractivity contribution is -0.120. The molecule has 1 aliphatic rings. The van der Waals surface area contributed by atoms with Crippen LogP contribution in [-0.2, 0) is 21.2 Å². The van der Waals surface area contributed by atoms with E-state index in [0.29, 0.717) is 11.3 Å². The number of nitrogens with zero attached hydrogens (tertiary/aromatic N) is 1. The van der Waals surface area contributed by atoms with E-state index in [9.17, 15) is 13.2 Å². The van der Waals surface area contributed by atoms with Crippen LogP contribution in [0.2, 0.25) is 0 Å². The van der Waals surface area contributed by atoms with E-state index < -0.39 is 10.0 Å². The number of anilines is 1. The Labute approximate surface area is 183 Å². The van der Waals surface area contributed by atoms with Gasteiger partial charge in [-0.15, -0.1) is 0 Å². The molecule has 0 unspecified atom stereocenters. The third kappa shape index (κ3) is 4.35. The van der Waals surface area contributed by atoms with Gasteiger partial charge in [0.25, 0.3) is 10.0 Å². The van der Waals surface area contributed by atoms with E-state index in [0.717, 1.165) is 24.0 Å². The molecule has 4 rings (SSSR count). The molecule has 31 heavy (non-hydrogen) atoms. The molecule has 0 aromatic heterocycles. The van der Waals surface area contributed by atoms with Crippen molar-refractivity contribution < 1.29 is 13.2 Å². The smallest absolute Gasteiger partial charge is 0.265 e. The average Bonchev–Trinajstić information content (AvgIpc) is 2.76. The van der Waals surface area contributed by atoms with Crippen LogP contribution in [0.25, 0.3) is 11.1 Å². The fraction of sp³-hybridized carbons (Fsp3) is 0.240. The highest BCUT2D eigenvalue weighted by atomic mass is 32.2. The minimum Gasteiger partial charge on any atom is -0.352 e. The number of amides is 1. The number of aryl methyl sites for hydroxylation is 2. The van der Waals surface area contributed by atoms with E-state index in [1.165, 1.54) is 9.87 Å². The molecule has 1 heterocycles. The van der Waals surface area contributed by atoms with Crippen LogP contribution in [0, 0.1) is 6.92 Å². The number of hydrogen-bond acceptors (Lipinski definition) is 3. The number of hydrogen-bond donors (Lipinski definition) is 1. The molecule has 0 saturated carbocycles. The largest absolute Gasteiger partial charge is 0.352 e. The van der Waals surface area contributed by atoms with Crippen molar-refractivity contribution in [1.29, 1.82) is 0 Å². The van der Waals surface area contributed by atoms with E-state index in [2.05, 4.69) is 17.4 Å². The summed E-state index contributed by atoms with van der Waals surface area (Å²) in [6.07, 6.45) is 1.63. The summed E-state index contributed by atoms with van der Waals surface area (Å²) in [6, 6.07) is 22.6. The summed E-state index contributed by atoms with van der Waals surface area (Å²) in [5.74, 6) is -0.310. The molecular formula is C25H26N2O3S. The average molecular weight is 435 g/mol. The van der Waals surface area contributed by atoms with Gasteiger partial charge >= 0.3 is 0 Å². The Morgan fingerprint density at radius 3 is 2.45 bits per heavy atom. The van der Waals surface area contributed by atoms with Gasteiger partial charge < -0.3 is 5.32 Å². The Balaban J connectivity index is 1.53. The SMILES string of the molecule is Cc1ccc2c(c1)-c1ccccc1S(=O)(=O)N2CC(=O)N[C@H](C)CCc1ccccc1. The fourth-order valence-electron chi connectivity index (χ4n) is 3.97. The van der Waals surface area contributed by atoms with E-state index in [4.69, 9.17) is 0 Å². The molecule has 1 amide bonds. The number of nitrogens with one attached hydrogen (secondary N) is 1. The van der Waals surface area contributed by atoms with Crippen LogP contribution in [0.4, 0.5) is 5.69 Å². The maximum absolute atomic E-state index is 13.3. The van der Waals surface area contributed by atoms with Gasteiger partial charge in [-0.25, -0.2) is 8.42 Å². The Hall–Kier alpha value is -3.12. The van der Waals surface area contributed by atoms with Crippen molar-refractivity contribution in [3.05, 3.63) is 83.9 Å². The van der Waals surface area contributed by atoms with Crippen molar-refractivity contribution in [3.8, 4) is 11.1 Å². The fourth-order valence-corrected chi connectivity index (χ4v) is 5.62. The third-order valence-corrected chi connectivity index (χ3v) is 7.39. The number of fused-ring (bicyclic) bond motifs is 3. The zero-order chi connectivity index (χ0) is 22.0. The Morgan fingerprint density at radius 2 is 1.68 bits per heavy atom. The zero-order valence-electron chi connectivity index (χ0n) is 17.7. The quantitative estimate of drug-likeness (QED) is 0.629. The topological polar surface area (TPSA) is 66.5 Å². The normalized spacial score (nSPS) is 15.0. The molecule has 3 aromatic rings. The number of carbonyl (C=O) groups excluding carboxylic acids is 1. The first-order valence-electron chi connectivity index (χ1n) is 10.4. The van der Waals surface area contributed by atoms with Gasteiger partial charge in [-0.3, -0.25) is 9.10 Å². The minimum absolute atomic E-state index is 0.0648. The molecule has 160 valence electrons. The first-order valence-corrected chi connectivity index (χ1v) is 11.9. The predicted octanol–water partition coefficient (Wildman–Crippen LogP) is 4.31. The molecule has 6 heteroatoms. The van der Waals surface area contributed by atoms with Gasteiger partial charge in [0.1, 0.15) is 6.54 Å². The lowest BCUT2D eigenvalue weighted by atomic mass is 10.0. The number of sulfonamides is 1. The van der Waals surface area contributed by atoms with Crippen molar-refractivity contribution in [2.45, 2.75) is 37.6 Å². The van der Waals surface area contributed by atoms with Gasteiger partial charge in [-0.05, 0) is 50.5 Å². The van der Waals surface area contributed by atoms with Gasteiger partial charge in [0, 0.05) is 17.2 Å². The van der Waals surface area contributed by atoms with Crippen molar-refractivity contribution in [1.82, 2.24) is 5.32 Å². The molecule has 1 aliphatic heterocycles. The van der Waals surface area contributed by atoms with Crippen molar-refractivity contribution in [2.24, 2.45) is 0 Å². The molecule has 0 aliphatic carbocycles. The van der Waals surface area contributed by atoms with Gasteiger partial charge in [-0.2, -0.15) is 0 Å². The highest BCUT2D eigenvalue weighted by Crippen LogP contribution is 2.43. The van der Waals surface area contributed by atoms with Crippen LogP contribution >= 0.6 is 0 Å². The van der Waals surface area contributed by atoms with Crippen molar-refractivity contribution in [2.75, 3.05) is 10.8 Å². The van der Waals surface area contributed by atoms with E-state index >= 15 is 0 Å². The molecule has 0 saturated heterocycles. The predicted molar refractivity (Wildman–Crippen MR) is 124 cm³/mol. The molecule has 0 radical (unpaired) electrons. The van der Waals surface area contributed by atoms with Crippen LogP contribution in [0.3, 0.4) is 0 Å². The molecule has 1 atom stereocenters. The van der Waals surface area contributed by atoms with Crippen LogP contribution in [0.15, 0.2) is 77.7 Å². The molecule has 5 nitrogen and oxygen atoms in total. The van der Waals surface area contributed by atoms with E-state index in [-0.39, 0.29) is 23.4 Å². The van der Waals surface area contributed by atoms with Crippen molar-refractivity contribution >= 4 is 21.6 Å². The van der Waals surface area contributed by atoms with Gasteiger partial charge in [0.05, 0.1) is 10.6 Å². The second kappa shape index (κ2) is 8.55. The summed E-state index contributed by atoms with van der Waals surface area (Å²) in [7, 11) is -3.82. The highest BCUT2D eigenvalue weighted by molar-refractivity contribution is 7.93. The Bertz CT molecular complexity index is 1210. The summed E-state index contributed by atoms with van der Waals surface area (Å²) >= 11 is 0. The molecule has 0 fully saturated rings. The first-order chi connectivity index (χ1) is 14.9. The monoisotopic (exact) mass is 434 g/mol. The Morgan fingerprint density at radius 1 is 0.968 bits per heavy atom. The maximum Gasteiger partial charge on any atom is 0.265 e. The first kappa shape index (κ1) is 21.1. The standard InChI is InChI=1S/C25H26N2O3S/c1-18-12-15-23-22(16-18)21-10-6-7-11-24(21)31(29,30)27(23)17-25(28)26-19(2)13-14-20-8-4-3-5-9-20/h3-12,15-16,19H,13-14,17H2,1-2H3,(H,26,28)/t19-/m1/s1. The lowest BCUT2D eigenvalue weighted by Crippen LogP contribution is -2.44. The molecule has 0 spiro atoms. The van der Waals surface area contributed by atoms with E-state index in [1.54, 1.807) is 18.2 Å². The summed E-state index contributed by atoms with van der Waals surface area (Å²) in [5.41, 5.74) is 4.29. The Kier molecular flexibility index (Phi) is 5.83. The molecular weight excluding hydrogens is 408 g/mol. The number of rotatable bonds is 6. The minimum atomic E-state index is -3.82. The summed E-state index contributed by atoms with van der Waals surface area (Å²) in [5, 5.41) is 2.96. The van der Waals surface area contributed by atoms with Crippen LogP contribution < -0.4 is 9.62 Å². The van der Waals surface area contributed by atoms with Crippen molar-refractivity contribution in [3.63, 3.8) is 0 Å². The second-order valence-electron chi connectivity index (χ2n) is 8.02. The molecule has 0 bridgehead atoms. The lowest BCUT2D eigenvalue weighted by Gasteiger charge is -2.32. The van der Waals surface area contributed by atoms with Crippen LogP contribution in [-0.4, -0.2) is 26.9 Å².